The van der Waals surface area contributed by atoms with Crippen molar-refractivity contribution in [3.8, 4) is 0 Å². The second-order valence-electron chi connectivity index (χ2n) is 7.47. The second kappa shape index (κ2) is 9.78. The van der Waals surface area contributed by atoms with Crippen LogP contribution in [0.25, 0.3) is 0 Å². The number of hydrogen-bond acceptors (Lipinski definition) is 3. The van der Waals surface area contributed by atoms with Crippen LogP contribution in [0.5, 0.6) is 0 Å². The standard InChI is InChI=1S/C18H34N2O3/c1-5-6-7-8-9-10-16(21)20-13-11-15(12-14-20)19-17(22)23-18(2,3)4/h15H,5-14H2,1-4H3,(H,19,22). The Balaban J connectivity index is 2.19. The zero-order valence-corrected chi connectivity index (χ0v) is 15.3. The lowest BCUT2D eigenvalue weighted by Crippen LogP contribution is -2.47. The predicted octanol–water partition coefficient (Wildman–Crippen LogP) is 3.86. The minimum atomic E-state index is -0.474. The maximum Gasteiger partial charge on any atom is 0.407 e. The van der Waals surface area contributed by atoms with E-state index in [0.717, 1.165) is 38.8 Å². The first-order valence-electron chi connectivity index (χ1n) is 9.09. The highest BCUT2D eigenvalue weighted by atomic mass is 16.6. The smallest absolute Gasteiger partial charge is 0.407 e. The Kier molecular flexibility index (Phi) is 8.42. The summed E-state index contributed by atoms with van der Waals surface area (Å²) in [5.74, 6) is 0.261. The van der Waals surface area contributed by atoms with Gasteiger partial charge in [-0.2, -0.15) is 0 Å². The minimum absolute atomic E-state index is 0.110. The first kappa shape index (κ1) is 19.8. The molecule has 0 radical (unpaired) electrons. The third-order valence-corrected chi connectivity index (χ3v) is 4.06. The Morgan fingerprint density at radius 3 is 2.26 bits per heavy atom. The molecule has 2 amide bonds. The summed E-state index contributed by atoms with van der Waals surface area (Å²) in [4.78, 5) is 25.9. The number of rotatable bonds is 7. The van der Waals surface area contributed by atoms with E-state index in [1.54, 1.807) is 0 Å². The van der Waals surface area contributed by atoms with Crippen molar-refractivity contribution >= 4 is 12.0 Å². The molecule has 0 atom stereocenters. The Morgan fingerprint density at radius 1 is 1.09 bits per heavy atom. The molecule has 0 unspecified atom stereocenters. The molecule has 0 bridgehead atoms. The third kappa shape index (κ3) is 8.82. The highest BCUT2D eigenvalue weighted by molar-refractivity contribution is 5.76. The van der Waals surface area contributed by atoms with E-state index in [1.165, 1.54) is 19.3 Å². The van der Waals surface area contributed by atoms with Gasteiger partial charge in [-0.05, 0) is 40.0 Å². The van der Waals surface area contributed by atoms with Crippen molar-refractivity contribution in [2.45, 2.75) is 90.7 Å². The summed E-state index contributed by atoms with van der Waals surface area (Å²) < 4.78 is 5.27. The molecule has 0 aromatic heterocycles. The number of likely N-dealkylation sites (tertiary alicyclic amines) is 1. The number of ether oxygens (including phenoxy) is 1. The summed E-state index contributed by atoms with van der Waals surface area (Å²) in [5, 5.41) is 2.90. The van der Waals surface area contributed by atoms with Crippen molar-refractivity contribution in [2.75, 3.05) is 13.1 Å². The van der Waals surface area contributed by atoms with Gasteiger partial charge in [0.25, 0.3) is 0 Å². The van der Waals surface area contributed by atoms with Crippen LogP contribution in [-0.4, -0.2) is 41.6 Å². The van der Waals surface area contributed by atoms with Crippen LogP contribution in [-0.2, 0) is 9.53 Å². The van der Waals surface area contributed by atoms with Gasteiger partial charge in [-0.15, -0.1) is 0 Å². The van der Waals surface area contributed by atoms with Crippen LogP contribution in [0.4, 0.5) is 4.79 Å². The largest absolute Gasteiger partial charge is 0.444 e. The number of nitrogens with one attached hydrogen (secondary N) is 1. The van der Waals surface area contributed by atoms with Crippen molar-refractivity contribution in [3.63, 3.8) is 0 Å². The van der Waals surface area contributed by atoms with Crippen molar-refractivity contribution < 1.29 is 14.3 Å². The number of nitrogens with zero attached hydrogens (tertiary/aromatic N) is 1. The lowest BCUT2D eigenvalue weighted by molar-refractivity contribution is -0.132. The number of carbonyl (C=O) groups is 2. The monoisotopic (exact) mass is 326 g/mol. The molecule has 5 heteroatoms. The molecule has 5 nitrogen and oxygen atoms in total. The number of carbonyl (C=O) groups excluding carboxylic acids is 2. The molecule has 1 N–H and O–H groups in total. The van der Waals surface area contributed by atoms with Gasteiger partial charge in [0.1, 0.15) is 5.60 Å². The first-order valence-corrected chi connectivity index (χ1v) is 9.09. The van der Waals surface area contributed by atoms with Crippen molar-refractivity contribution in [1.29, 1.82) is 0 Å². The van der Waals surface area contributed by atoms with E-state index in [4.69, 9.17) is 4.74 Å². The normalized spacial score (nSPS) is 16.3. The molecule has 0 aliphatic carbocycles. The van der Waals surface area contributed by atoms with Crippen LogP contribution >= 0.6 is 0 Å². The summed E-state index contributed by atoms with van der Waals surface area (Å²) in [5.41, 5.74) is -0.474. The van der Waals surface area contributed by atoms with Crippen molar-refractivity contribution in [1.82, 2.24) is 10.2 Å². The highest BCUT2D eigenvalue weighted by Gasteiger charge is 2.25. The van der Waals surface area contributed by atoms with Gasteiger partial charge >= 0.3 is 6.09 Å². The summed E-state index contributed by atoms with van der Waals surface area (Å²) in [7, 11) is 0. The van der Waals surface area contributed by atoms with Gasteiger partial charge in [-0.25, -0.2) is 4.79 Å². The summed E-state index contributed by atoms with van der Waals surface area (Å²) in [6.45, 7) is 9.22. The molecular weight excluding hydrogens is 292 g/mol. The fourth-order valence-corrected chi connectivity index (χ4v) is 2.79. The molecule has 1 saturated heterocycles. The molecule has 1 aliphatic rings. The van der Waals surface area contributed by atoms with E-state index in [0.29, 0.717) is 6.42 Å². The number of alkyl carbamates (subject to hydrolysis) is 1. The molecule has 0 saturated carbocycles. The fourth-order valence-electron chi connectivity index (χ4n) is 2.79. The number of hydrogen-bond donors (Lipinski definition) is 1. The maximum atomic E-state index is 12.2. The molecule has 1 aliphatic heterocycles. The van der Waals surface area contributed by atoms with Crippen LogP contribution in [0.15, 0.2) is 0 Å². The number of piperidine rings is 1. The van der Waals surface area contributed by atoms with E-state index in [-0.39, 0.29) is 18.0 Å². The highest BCUT2D eigenvalue weighted by Crippen LogP contribution is 2.15. The third-order valence-electron chi connectivity index (χ3n) is 4.06. The summed E-state index contributed by atoms with van der Waals surface area (Å²) >= 11 is 0. The Hall–Kier alpha value is -1.26. The topological polar surface area (TPSA) is 58.6 Å². The lowest BCUT2D eigenvalue weighted by atomic mass is 10.0. The van der Waals surface area contributed by atoms with E-state index in [1.807, 2.05) is 25.7 Å². The fraction of sp³-hybridized carbons (Fsp3) is 0.889. The van der Waals surface area contributed by atoms with Crippen molar-refractivity contribution in [2.24, 2.45) is 0 Å². The molecule has 1 fully saturated rings. The van der Waals surface area contributed by atoms with Gasteiger partial charge in [0.15, 0.2) is 0 Å². The average Bonchev–Trinajstić information content (AvgIpc) is 2.45. The average molecular weight is 326 g/mol. The lowest BCUT2D eigenvalue weighted by Gasteiger charge is -2.33. The number of amides is 2. The Morgan fingerprint density at radius 2 is 1.70 bits per heavy atom. The molecule has 0 spiro atoms. The van der Waals surface area contributed by atoms with Crippen LogP contribution in [0.2, 0.25) is 0 Å². The van der Waals surface area contributed by atoms with Crippen LogP contribution in [0, 0.1) is 0 Å². The van der Waals surface area contributed by atoms with Crippen LogP contribution in [0.1, 0.15) is 79.1 Å². The minimum Gasteiger partial charge on any atom is -0.444 e. The van der Waals surface area contributed by atoms with Crippen LogP contribution < -0.4 is 5.32 Å². The molecule has 23 heavy (non-hydrogen) atoms. The first-order chi connectivity index (χ1) is 10.8. The molecule has 134 valence electrons. The Labute approximate surface area is 141 Å². The summed E-state index contributed by atoms with van der Waals surface area (Å²) in [6.07, 6.45) is 7.77. The van der Waals surface area contributed by atoms with Gasteiger partial charge in [-0.3, -0.25) is 4.79 Å². The quantitative estimate of drug-likeness (QED) is 0.723. The van der Waals surface area contributed by atoms with Gasteiger partial charge in [0, 0.05) is 25.6 Å². The maximum absolute atomic E-state index is 12.2. The van der Waals surface area contributed by atoms with Gasteiger partial charge in [0.05, 0.1) is 0 Å². The molecule has 0 aromatic rings. The van der Waals surface area contributed by atoms with Crippen molar-refractivity contribution in [3.05, 3.63) is 0 Å². The van der Waals surface area contributed by atoms with Gasteiger partial charge < -0.3 is 15.0 Å². The number of unbranched alkanes of at least 4 members (excludes halogenated alkanes) is 4. The zero-order chi connectivity index (χ0) is 17.3. The molecule has 1 rings (SSSR count). The zero-order valence-electron chi connectivity index (χ0n) is 15.3. The molecule has 1 heterocycles. The van der Waals surface area contributed by atoms with Gasteiger partial charge in [-0.1, -0.05) is 32.6 Å². The predicted molar refractivity (Wildman–Crippen MR) is 92.3 cm³/mol. The Bertz CT molecular complexity index is 369. The van der Waals surface area contributed by atoms with Crippen LogP contribution in [0.3, 0.4) is 0 Å². The molecule has 0 aromatic carbocycles. The summed E-state index contributed by atoms with van der Waals surface area (Å²) in [6, 6.07) is 0.110. The second-order valence-corrected chi connectivity index (χ2v) is 7.47. The van der Waals surface area contributed by atoms with E-state index < -0.39 is 5.60 Å². The van der Waals surface area contributed by atoms with E-state index in [2.05, 4.69) is 12.2 Å². The molecular formula is C18H34N2O3. The van der Waals surface area contributed by atoms with Gasteiger partial charge in [0.2, 0.25) is 5.91 Å². The van der Waals surface area contributed by atoms with E-state index >= 15 is 0 Å². The SMILES string of the molecule is CCCCCCCC(=O)N1CCC(NC(=O)OC(C)(C)C)CC1. The van der Waals surface area contributed by atoms with E-state index in [9.17, 15) is 9.59 Å².